The fraction of sp³-hybridized carbons (Fsp3) is 0.567. The van der Waals surface area contributed by atoms with Crippen LogP contribution in [0.25, 0.3) is 0 Å². The van der Waals surface area contributed by atoms with Gasteiger partial charge in [-0.3, -0.25) is 4.79 Å². The Kier molecular flexibility index (Phi) is 8.37. The van der Waals surface area contributed by atoms with Gasteiger partial charge in [-0.05, 0) is 76.2 Å². The average molecular weight is 591 g/mol. The van der Waals surface area contributed by atoms with Crippen LogP contribution >= 0.6 is 0 Å². The lowest BCUT2D eigenvalue weighted by molar-refractivity contribution is -0.138. The molecule has 0 saturated carbocycles. The van der Waals surface area contributed by atoms with E-state index >= 15 is 4.39 Å². The summed E-state index contributed by atoms with van der Waals surface area (Å²) in [7, 11) is 2.04. The van der Waals surface area contributed by atoms with Crippen molar-refractivity contribution in [3.05, 3.63) is 53.0 Å². The van der Waals surface area contributed by atoms with Crippen molar-refractivity contribution in [2.24, 2.45) is 5.92 Å². The summed E-state index contributed by atoms with van der Waals surface area (Å²) >= 11 is 0. The number of nitrogens with zero attached hydrogens (tertiary/aromatic N) is 5. The fourth-order valence-corrected chi connectivity index (χ4v) is 6.62. The highest BCUT2D eigenvalue weighted by Crippen LogP contribution is 2.46. The second-order valence-corrected chi connectivity index (χ2v) is 11.8. The summed E-state index contributed by atoms with van der Waals surface area (Å²) in [4.78, 5) is 27.9. The number of carbonyl (C=O) groups is 1. The zero-order valence-electron chi connectivity index (χ0n) is 24.3. The van der Waals surface area contributed by atoms with Crippen molar-refractivity contribution in [3.63, 3.8) is 0 Å². The zero-order valence-corrected chi connectivity index (χ0v) is 24.3. The lowest BCUT2D eigenvalue weighted by atomic mass is 9.73. The molecule has 12 heteroatoms. The summed E-state index contributed by atoms with van der Waals surface area (Å²) in [6, 6.07) is 2.10. The van der Waals surface area contributed by atoms with Gasteiger partial charge in [0.05, 0.1) is 16.9 Å². The minimum Gasteiger partial charge on any atom is -0.462 e. The molecule has 3 heterocycles. The summed E-state index contributed by atoms with van der Waals surface area (Å²) in [6.45, 7) is 10.2. The van der Waals surface area contributed by atoms with Gasteiger partial charge in [-0.1, -0.05) is 13.5 Å². The van der Waals surface area contributed by atoms with Crippen LogP contribution in [0.4, 0.5) is 29.1 Å². The van der Waals surface area contributed by atoms with Crippen LogP contribution in [0, 0.1) is 11.7 Å². The molecular weight excluding hydrogens is 552 g/mol. The van der Waals surface area contributed by atoms with Crippen LogP contribution in [-0.2, 0) is 23.8 Å². The normalized spacial score (nSPS) is 24.9. The maximum atomic E-state index is 15.4. The quantitative estimate of drug-likeness (QED) is 0.303. The lowest BCUT2D eigenvalue weighted by Gasteiger charge is -2.42. The maximum absolute atomic E-state index is 15.4. The smallest absolute Gasteiger partial charge is 0.416 e. The Labute approximate surface area is 243 Å². The lowest BCUT2D eigenvalue weighted by Crippen LogP contribution is -2.54. The summed E-state index contributed by atoms with van der Waals surface area (Å²) in [5.74, 6) is -1.67. The number of amides is 1. The van der Waals surface area contributed by atoms with Gasteiger partial charge in [-0.2, -0.15) is 23.1 Å². The van der Waals surface area contributed by atoms with Gasteiger partial charge in [0.2, 0.25) is 5.91 Å². The number of fused-ring (bicyclic) bond motifs is 1. The van der Waals surface area contributed by atoms with Crippen molar-refractivity contribution < 1.29 is 27.1 Å². The molecule has 4 atom stereocenters. The predicted molar refractivity (Wildman–Crippen MR) is 152 cm³/mol. The minimum atomic E-state index is -4.74. The Balaban J connectivity index is 1.54. The summed E-state index contributed by atoms with van der Waals surface area (Å²) in [5, 5.41) is 0. The number of hydrogen-bond donors (Lipinski definition) is 1. The molecule has 8 nitrogen and oxygen atoms in total. The third kappa shape index (κ3) is 5.77. The first-order chi connectivity index (χ1) is 19.9. The Morgan fingerprint density at radius 2 is 1.95 bits per heavy atom. The second-order valence-electron chi connectivity index (χ2n) is 11.8. The number of hydrogen-bond acceptors (Lipinski definition) is 7. The van der Waals surface area contributed by atoms with Crippen LogP contribution in [0.5, 0.6) is 6.01 Å². The van der Waals surface area contributed by atoms with E-state index in [0.29, 0.717) is 44.2 Å². The van der Waals surface area contributed by atoms with Gasteiger partial charge in [-0.15, -0.1) is 0 Å². The Morgan fingerprint density at radius 1 is 1.19 bits per heavy atom. The highest BCUT2D eigenvalue weighted by atomic mass is 19.4. The molecule has 2 aromatic rings. The van der Waals surface area contributed by atoms with E-state index in [4.69, 9.17) is 20.4 Å². The fourth-order valence-electron chi connectivity index (χ4n) is 6.62. The molecule has 0 radical (unpaired) electrons. The van der Waals surface area contributed by atoms with Crippen molar-refractivity contribution in [2.75, 3.05) is 50.5 Å². The SMILES string of the molecule is C=CC(=O)N1CCN(c2nc(OCC3CCCN3C)nc3c2CC(C)C(c2c(C(F)(F)F)ccc(N)c2F)C3)C(C)C1. The number of ether oxygens (including phenoxy) is 1. The molecular formula is C30H38F4N6O2. The zero-order chi connectivity index (χ0) is 30.3. The molecule has 3 aliphatic rings. The van der Waals surface area contributed by atoms with E-state index in [2.05, 4.69) is 16.4 Å². The Bertz CT molecular complexity index is 1350. The summed E-state index contributed by atoms with van der Waals surface area (Å²) in [5.41, 5.74) is 5.38. The van der Waals surface area contributed by atoms with Gasteiger partial charge in [0.15, 0.2) is 0 Å². The molecule has 0 spiro atoms. The average Bonchev–Trinajstić information content (AvgIpc) is 3.36. The minimum absolute atomic E-state index is 0.0818. The van der Waals surface area contributed by atoms with Crippen LogP contribution in [-0.4, -0.2) is 77.6 Å². The molecule has 2 saturated heterocycles. The van der Waals surface area contributed by atoms with Crippen molar-refractivity contribution in [3.8, 4) is 6.01 Å². The van der Waals surface area contributed by atoms with Gasteiger partial charge in [0.25, 0.3) is 0 Å². The predicted octanol–water partition coefficient (Wildman–Crippen LogP) is 4.43. The highest BCUT2D eigenvalue weighted by molar-refractivity contribution is 5.87. The second kappa shape index (κ2) is 11.7. The number of carbonyl (C=O) groups excluding carboxylic acids is 1. The molecule has 4 unspecified atom stereocenters. The molecule has 2 fully saturated rings. The van der Waals surface area contributed by atoms with E-state index in [1.807, 2.05) is 20.9 Å². The van der Waals surface area contributed by atoms with Crippen LogP contribution in [0.2, 0.25) is 0 Å². The van der Waals surface area contributed by atoms with Crippen molar-refractivity contribution >= 4 is 17.4 Å². The van der Waals surface area contributed by atoms with Crippen LogP contribution in [0.3, 0.4) is 0 Å². The number of likely N-dealkylation sites (N-methyl/N-ethyl adjacent to an activating group) is 1. The monoisotopic (exact) mass is 590 g/mol. The van der Waals surface area contributed by atoms with E-state index < -0.39 is 29.0 Å². The van der Waals surface area contributed by atoms with Crippen molar-refractivity contribution in [1.82, 2.24) is 19.8 Å². The summed E-state index contributed by atoms with van der Waals surface area (Å²) in [6.07, 6.45) is -0.949. The molecule has 1 aromatic carbocycles. The molecule has 1 amide bonds. The van der Waals surface area contributed by atoms with Crippen LogP contribution in [0.1, 0.15) is 55.0 Å². The number of halogens is 4. The molecule has 2 aliphatic heterocycles. The number of aromatic nitrogens is 2. The highest BCUT2D eigenvalue weighted by Gasteiger charge is 2.42. The number of anilines is 2. The van der Waals surface area contributed by atoms with Crippen LogP contribution in [0.15, 0.2) is 24.8 Å². The third-order valence-corrected chi connectivity index (χ3v) is 9.02. The Hall–Kier alpha value is -3.41. The number of nitrogen functional groups attached to an aromatic ring is 1. The number of piperazine rings is 1. The van der Waals surface area contributed by atoms with E-state index in [9.17, 15) is 18.0 Å². The molecule has 2 N–H and O–H groups in total. The summed E-state index contributed by atoms with van der Waals surface area (Å²) < 4.78 is 63.6. The topological polar surface area (TPSA) is 87.8 Å². The van der Waals surface area contributed by atoms with E-state index in [1.165, 1.54) is 6.08 Å². The largest absolute Gasteiger partial charge is 0.462 e. The van der Waals surface area contributed by atoms with Crippen molar-refractivity contribution in [2.45, 2.75) is 63.7 Å². The van der Waals surface area contributed by atoms with Gasteiger partial charge >= 0.3 is 12.2 Å². The first-order valence-corrected chi connectivity index (χ1v) is 14.4. The number of nitrogens with two attached hydrogens (primary N) is 1. The van der Waals surface area contributed by atoms with E-state index in [1.54, 1.807) is 4.90 Å². The van der Waals surface area contributed by atoms with Gasteiger partial charge in [0, 0.05) is 42.8 Å². The Morgan fingerprint density at radius 3 is 2.60 bits per heavy atom. The van der Waals surface area contributed by atoms with Gasteiger partial charge in [-0.25, -0.2) is 4.39 Å². The van der Waals surface area contributed by atoms with Gasteiger partial charge < -0.3 is 25.2 Å². The van der Waals surface area contributed by atoms with Crippen LogP contribution < -0.4 is 15.4 Å². The maximum Gasteiger partial charge on any atom is 0.416 e. The van der Waals surface area contributed by atoms with E-state index in [0.717, 1.165) is 37.1 Å². The van der Waals surface area contributed by atoms with Crippen molar-refractivity contribution in [1.29, 1.82) is 0 Å². The number of benzene rings is 1. The van der Waals surface area contributed by atoms with Gasteiger partial charge in [0.1, 0.15) is 18.2 Å². The molecule has 228 valence electrons. The van der Waals surface area contributed by atoms with E-state index in [-0.39, 0.29) is 42.0 Å². The first-order valence-electron chi connectivity index (χ1n) is 14.4. The molecule has 0 bridgehead atoms. The first kappa shape index (κ1) is 30.1. The molecule has 1 aliphatic carbocycles. The molecule has 1 aromatic heterocycles. The third-order valence-electron chi connectivity index (χ3n) is 9.02. The standard InChI is InChI=1S/C30H38F4N6O2/c1-5-25(41)39-11-12-40(18(3)15-39)28-21-13-17(2)20(26-22(30(32,33)34)8-9-23(35)27(26)31)14-24(21)36-29(37-28)42-16-19-7-6-10-38(19)4/h5,8-9,17-20H,1,6-7,10-16,35H2,2-4H3. The number of alkyl halides is 3. The number of likely N-dealkylation sites (tertiary alicyclic amines) is 1. The number of rotatable bonds is 6. The molecule has 42 heavy (non-hydrogen) atoms. The molecule has 5 rings (SSSR count).